The van der Waals surface area contributed by atoms with E-state index in [0.717, 1.165) is 5.56 Å². The lowest BCUT2D eigenvalue weighted by atomic mass is 10.1. The van der Waals surface area contributed by atoms with E-state index in [1.54, 1.807) is 13.0 Å². The predicted molar refractivity (Wildman–Crippen MR) is 82.5 cm³/mol. The summed E-state index contributed by atoms with van der Waals surface area (Å²) in [6.07, 6.45) is 0. The van der Waals surface area contributed by atoms with E-state index in [0.29, 0.717) is 17.2 Å². The molecule has 0 fully saturated rings. The maximum Gasteiger partial charge on any atom is 0.323 e. The molecule has 1 atom stereocenters. The fourth-order valence-electron chi connectivity index (χ4n) is 1.89. The Bertz CT molecular complexity index is 599. The Balaban J connectivity index is 2.29. The van der Waals surface area contributed by atoms with Crippen LogP contribution in [0.3, 0.4) is 0 Å². The van der Waals surface area contributed by atoms with Gasteiger partial charge in [0.05, 0.1) is 6.61 Å². The topological polar surface area (TPSA) is 52.3 Å². The van der Waals surface area contributed by atoms with Gasteiger partial charge in [0.25, 0.3) is 0 Å². The van der Waals surface area contributed by atoms with Gasteiger partial charge in [-0.25, -0.2) is 4.39 Å². The molecule has 0 radical (unpaired) electrons. The third-order valence-corrected chi connectivity index (χ3v) is 3.96. The maximum atomic E-state index is 13.4. The highest BCUT2D eigenvalue weighted by Gasteiger charge is 2.23. The van der Waals surface area contributed by atoms with Crippen LogP contribution >= 0.6 is 11.8 Å². The number of benzene rings is 2. The highest BCUT2D eigenvalue weighted by Crippen LogP contribution is 2.37. The number of halogens is 1. The van der Waals surface area contributed by atoms with E-state index in [9.17, 15) is 9.18 Å². The van der Waals surface area contributed by atoms with Crippen LogP contribution in [-0.4, -0.2) is 12.6 Å². The van der Waals surface area contributed by atoms with E-state index < -0.39 is 11.1 Å². The number of anilines is 1. The summed E-state index contributed by atoms with van der Waals surface area (Å²) in [5.41, 5.74) is 6.78. The molecule has 21 heavy (non-hydrogen) atoms. The summed E-state index contributed by atoms with van der Waals surface area (Å²) < 4.78 is 18.5. The summed E-state index contributed by atoms with van der Waals surface area (Å²) in [4.78, 5) is 12.7. The summed E-state index contributed by atoms with van der Waals surface area (Å²) >= 11 is 1.22. The first kappa shape index (κ1) is 15.4. The zero-order valence-corrected chi connectivity index (χ0v) is 12.4. The van der Waals surface area contributed by atoms with Crippen LogP contribution in [0.5, 0.6) is 0 Å². The van der Waals surface area contributed by atoms with Crippen molar-refractivity contribution in [3.05, 3.63) is 59.9 Å². The molecule has 5 heteroatoms. The van der Waals surface area contributed by atoms with E-state index in [-0.39, 0.29) is 5.97 Å². The molecule has 0 saturated carbocycles. The van der Waals surface area contributed by atoms with Crippen molar-refractivity contribution in [2.24, 2.45) is 0 Å². The third kappa shape index (κ3) is 4.23. The second kappa shape index (κ2) is 7.13. The van der Waals surface area contributed by atoms with Crippen molar-refractivity contribution in [3.63, 3.8) is 0 Å². The molecule has 0 heterocycles. The zero-order valence-electron chi connectivity index (χ0n) is 11.6. The van der Waals surface area contributed by atoms with Gasteiger partial charge in [-0.3, -0.25) is 4.79 Å². The summed E-state index contributed by atoms with van der Waals surface area (Å²) in [5.74, 6) is -0.773. The molecule has 0 saturated heterocycles. The van der Waals surface area contributed by atoms with Gasteiger partial charge in [0.1, 0.15) is 11.1 Å². The van der Waals surface area contributed by atoms with Crippen LogP contribution < -0.4 is 5.73 Å². The normalized spacial score (nSPS) is 11.9. The fraction of sp³-hybridized carbons (Fsp3) is 0.188. The molecule has 0 aliphatic heterocycles. The molecule has 2 N–H and O–H groups in total. The van der Waals surface area contributed by atoms with E-state index >= 15 is 0 Å². The van der Waals surface area contributed by atoms with Crippen molar-refractivity contribution in [3.8, 4) is 0 Å². The largest absolute Gasteiger partial charge is 0.465 e. The minimum absolute atomic E-state index is 0.300. The van der Waals surface area contributed by atoms with Gasteiger partial charge in [-0.05, 0) is 30.7 Å². The Labute approximate surface area is 127 Å². The van der Waals surface area contributed by atoms with Gasteiger partial charge in [-0.15, -0.1) is 11.8 Å². The Kier molecular flexibility index (Phi) is 5.22. The van der Waals surface area contributed by atoms with Crippen LogP contribution in [0.4, 0.5) is 10.1 Å². The molecule has 3 nitrogen and oxygen atoms in total. The highest BCUT2D eigenvalue weighted by atomic mass is 32.2. The molecule has 0 aliphatic rings. The number of nitrogen functional groups attached to an aromatic ring is 1. The lowest BCUT2D eigenvalue weighted by Gasteiger charge is -2.16. The van der Waals surface area contributed by atoms with E-state index in [4.69, 9.17) is 10.5 Å². The number of carbonyl (C=O) groups excluding carboxylic acids is 1. The minimum Gasteiger partial charge on any atom is -0.465 e. The average Bonchev–Trinajstić information content (AvgIpc) is 2.45. The van der Waals surface area contributed by atoms with Gasteiger partial charge in [-0.2, -0.15) is 0 Å². The van der Waals surface area contributed by atoms with Gasteiger partial charge in [0, 0.05) is 10.6 Å². The summed E-state index contributed by atoms with van der Waals surface area (Å²) in [6, 6.07) is 13.5. The maximum absolute atomic E-state index is 13.4. The minimum atomic E-state index is -0.549. The monoisotopic (exact) mass is 305 g/mol. The molecule has 2 aromatic carbocycles. The molecule has 0 aliphatic carbocycles. The molecular formula is C16H16FNO2S. The lowest BCUT2D eigenvalue weighted by molar-refractivity contribution is -0.142. The molecular weight excluding hydrogens is 289 g/mol. The molecule has 1 unspecified atom stereocenters. The number of hydrogen-bond acceptors (Lipinski definition) is 4. The molecule has 0 spiro atoms. The number of nitrogens with two attached hydrogens (primary N) is 1. The summed E-state index contributed by atoms with van der Waals surface area (Å²) in [5, 5.41) is -0.549. The van der Waals surface area contributed by atoms with Crippen molar-refractivity contribution >= 4 is 23.4 Å². The predicted octanol–water partition coefficient (Wildman–Crippen LogP) is 3.80. The lowest BCUT2D eigenvalue weighted by Crippen LogP contribution is -2.13. The van der Waals surface area contributed by atoms with Gasteiger partial charge in [-0.1, -0.05) is 30.3 Å². The van der Waals surface area contributed by atoms with E-state index in [1.165, 1.54) is 23.9 Å². The number of rotatable bonds is 5. The summed E-state index contributed by atoms with van der Waals surface area (Å²) in [6.45, 7) is 2.05. The van der Waals surface area contributed by atoms with Gasteiger partial charge >= 0.3 is 5.97 Å². The van der Waals surface area contributed by atoms with Crippen molar-refractivity contribution in [2.75, 3.05) is 12.3 Å². The van der Waals surface area contributed by atoms with Crippen LogP contribution in [-0.2, 0) is 9.53 Å². The van der Waals surface area contributed by atoms with Crippen molar-refractivity contribution in [1.82, 2.24) is 0 Å². The van der Waals surface area contributed by atoms with E-state index in [1.807, 2.05) is 30.3 Å². The van der Waals surface area contributed by atoms with E-state index in [2.05, 4.69) is 0 Å². The second-order valence-electron chi connectivity index (χ2n) is 4.38. The SMILES string of the molecule is CCOC(=O)C(Sc1cc(N)cc(F)c1)c1ccccc1. The first-order valence-corrected chi connectivity index (χ1v) is 7.42. The third-order valence-electron chi connectivity index (χ3n) is 2.75. The quantitative estimate of drug-likeness (QED) is 0.518. The van der Waals surface area contributed by atoms with Gasteiger partial charge in [0.2, 0.25) is 0 Å². The molecule has 110 valence electrons. The van der Waals surface area contributed by atoms with Crippen LogP contribution in [0.25, 0.3) is 0 Å². The zero-order chi connectivity index (χ0) is 15.2. The second-order valence-corrected chi connectivity index (χ2v) is 5.56. The Hall–Kier alpha value is -2.01. The molecule has 0 bridgehead atoms. The van der Waals surface area contributed by atoms with Crippen LogP contribution in [0.2, 0.25) is 0 Å². The standard InChI is InChI=1S/C16H16FNO2S/c1-2-20-16(19)15(11-6-4-3-5-7-11)21-14-9-12(17)8-13(18)10-14/h3-10,15H,2,18H2,1H3. The number of esters is 1. The Morgan fingerprint density at radius 2 is 2.00 bits per heavy atom. The van der Waals surface area contributed by atoms with Crippen LogP contribution in [0, 0.1) is 5.82 Å². The van der Waals surface area contributed by atoms with Crippen LogP contribution in [0.1, 0.15) is 17.7 Å². The molecule has 2 aromatic rings. The molecule has 0 amide bonds. The number of thioether (sulfide) groups is 1. The van der Waals surface area contributed by atoms with Crippen molar-refractivity contribution in [2.45, 2.75) is 17.1 Å². The first-order chi connectivity index (χ1) is 10.1. The van der Waals surface area contributed by atoms with Crippen molar-refractivity contribution in [1.29, 1.82) is 0 Å². The molecule has 0 aromatic heterocycles. The highest BCUT2D eigenvalue weighted by molar-refractivity contribution is 8.00. The van der Waals surface area contributed by atoms with Gasteiger partial charge in [0.15, 0.2) is 0 Å². The Morgan fingerprint density at radius 1 is 1.29 bits per heavy atom. The number of hydrogen-bond donors (Lipinski definition) is 1. The summed E-state index contributed by atoms with van der Waals surface area (Å²) in [7, 11) is 0. The number of ether oxygens (including phenoxy) is 1. The smallest absolute Gasteiger partial charge is 0.323 e. The van der Waals surface area contributed by atoms with Crippen molar-refractivity contribution < 1.29 is 13.9 Å². The van der Waals surface area contributed by atoms with Gasteiger partial charge < -0.3 is 10.5 Å². The van der Waals surface area contributed by atoms with Crippen LogP contribution in [0.15, 0.2) is 53.4 Å². The first-order valence-electron chi connectivity index (χ1n) is 6.54. The fourth-order valence-corrected chi connectivity index (χ4v) is 3.00. The Morgan fingerprint density at radius 3 is 2.62 bits per heavy atom. The average molecular weight is 305 g/mol. The molecule has 2 rings (SSSR count). The number of carbonyl (C=O) groups is 1.